The maximum Gasteiger partial charge on any atom is 0.319 e. The van der Waals surface area contributed by atoms with Crippen LogP contribution in [0.4, 0.5) is 10.5 Å². The molecule has 0 spiro atoms. The molecular formula is C25H23N5O2. The minimum Gasteiger partial charge on any atom is -0.345 e. The van der Waals surface area contributed by atoms with Gasteiger partial charge in [0.1, 0.15) is 0 Å². The molecule has 1 unspecified atom stereocenters. The lowest BCUT2D eigenvalue weighted by atomic mass is 9.97. The molecule has 7 nitrogen and oxygen atoms in total. The molecular weight excluding hydrogens is 402 g/mol. The number of carbonyl (C=O) groups excluding carboxylic acids is 2. The van der Waals surface area contributed by atoms with Gasteiger partial charge in [-0.3, -0.25) is 4.79 Å². The highest BCUT2D eigenvalue weighted by Crippen LogP contribution is 2.25. The quantitative estimate of drug-likeness (QED) is 0.369. The van der Waals surface area contributed by atoms with E-state index in [2.05, 4.69) is 25.9 Å². The summed E-state index contributed by atoms with van der Waals surface area (Å²) in [6.07, 6.45) is 3.69. The predicted molar refractivity (Wildman–Crippen MR) is 123 cm³/mol. The lowest BCUT2D eigenvalue weighted by Crippen LogP contribution is -2.31. The number of hydrogen-bond donors (Lipinski definition) is 4. The summed E-state index contributed by atoms with van der Waals surface area (Å²) in [5.41, 5.74) is 4.74. The van der Waals surface area contributed by atoms with E-state index in [9.17, 15) is 9.59 Å². The molecule has 0 radical (unpaired) electrons. The first-order chi connectivity index (χ1) is 15.7. The van der Waals surface area contributed by atoms with E-state index in [1.807, 2.05) is 48.5 Å². The maximum absolute atomic E-state index is 13.2. The molecule has 1 fully saturated rings. The number of anilines is 1. The molecule has 1 aliphatic rings. The molecule has 5 rings (SSSR count). The van der Waals surface area contributed by atoms with Crippen LogP contribution < -0.4 is 16.0 Å². The van der Waals surface area contributed by atoms with Crippen molar-refractivity contribution in [2.75, 3.05) is 5.32 Å². The van der Waals surface area contributed by atoms with Crippen molar-refractivity contribution in [3.8, 4) is 0 Å². The Labute approximate surface area is 185 Å². The van der Waals surface area contributed by atoms with Crippen LogP contribution in [0.15, 0.2) is 79.1 Å². The molecule has 3 amide bonds. The second-order valence-corrected chi connectivity index (χ2v) is 7.95. The minimum atomic E-state index is -0.341. The number of hydrogen-bond acceptors (Lipinski definition) is 3. The van der Waals surface area contributed by atoms with Gasteiger partial charge in [0.2, 0.25) is 0 Å². The molecule has 1 heterocycles. The number of imidazole rings is 1. The first kappa shape index (κ1) is 19.8. The van der Waals surface area contributed by atoms with Crippen LogP contribution in [0.3, 0.4) is 0 Å². The molecule has 32 heavy (non-hydrogen) atoms. The van der Waals surface area contributed by atoms with Crippen molar-refractivity contribution in [2.45, 2.75) is 24.9 Å². The van der Waals surface area contributed by atoms with Gasteiger partial charge in [0.05, 0.1) is 23.4 Å². The van der Waals surface area contributed by atoms with E-state index in [-0.39, 0.29) is 24.0 Å². The highest BCUT2D eigenvalue weighted by atomic mass is 16.2. The van der Waals surface area contributed by atoms with Crippen LogP contribution in [0.1, 0.15) is 40.4 Å². The van der Waals surface area contributed by atoms with Crippen LogP contribution in [0.5, 0.6) is 0 Å². The van der Waals surface area contributed by atoms with Gasteiger partial charge in [-0.1, -0.05) is 42.5 Å². The lowest BCUT2D eigenvalue weighted by Gasteiger charge is -2.20. The number of nitrogens with one attached hydrogen (secondary N) is 4. The van der Waals surface area contributed by atoms with Gasteiger partial charge in [-0.05, 0) is 54.3 Å². The fourth-order valence-electron chi connectivity index (χ4n) is 3.67. The van der Waals surface area contributed by atoms with E-state index < -0.39 is 0 Å². The monoisotopic (exact) mass is 425 g/mol. The van der Waals surface area contributed by atoms with Gasteiger partial charge in [0.15, 0.2) is 0 Å². The zero-order chi connectivity index (χ0) is 21.9. The summed E-state index contributed by atoms with van der Waals surface area (Å²) in [7, 11) is 0. The maximum atomic E-state index is 13.2. The molecule has 4 N–H and O–H groups in total. The van der Waals surface area contributed by atoms with Crippen molar-refractivity contribution in [1.82, 2.24) is 20.6 Å². The third-order valence-corrected chi connectivity index (χ3v) is 5.48. The van der Waals surface area contributed by atoms with E-state index in [1.165, 1.54) is 0 Å². The molecule has 1 aliphatic carbocycles. The van der Waals surface area contributed by atoms with Crippen LogP contribution in [0.2, 0.25) is 0 Å². The van der Waals surface area contributed by atoms with E-state index in [0.29, 0.717) is 11.3 Å². The number of amides is 3. The summed E-state index contributed by atoms with van der Waals surface area (Å²) in [6, 6.07) is 22.4. The van der Waals surface area contributed by atoms with Crippen molar-refractivity contribution < 1.29 is 9.59 Å². The molecule has 0 bridgehead atoms. The fourth-order valence-corrected chi connectivity index (χ4v) is 3.67. The minimum absolute atomic E-state index is 0.227. The second kappa shape index (κ2) is 8.55. The summed E-state index contributed by atoms with van der Waals surface area (Å²) in [5, 5.41) is 8.83. The van der Waals surface area contributed by atoms with Crippen LogP contribution in [0, 0.1) is 0 Å². The Morgan fingerprint density at radius 1 is 0.938 bits per heavy atom. The molecule has 7 heteroatoms. The van der Waals surface area contributed by atoms with Gasteiger partial charge in [-0.2, -0.15) is 0 Å². The number of nitrogens with zero attached hydrogens (tertiary/aromatic N) is 1. The average Bonchev–Trinajstić information content (AvgIpc) is 3.50. The summed E-state index contributed by atoms with van der Waals surface area (Å²) >= 11 is 0. The first-order valence-electron chi connectivity index (χ1n) is 10.6. The zero-order valence-electron chi connectivity index (χ0n) is 17.3. The Morgan fingerprint density at radius 3 is 2.59 bits per heavy atom. The van der Waals surface area contributed by atoms with E-state index in [0.717, 1.165) is 35.0 Å². The van der Waals surface area contributed by atoms with Crippen LogP contribution in [0.25, 0.3) is 11.0 Å². The summed E-state index contributed by atoms with van der Waals surface area (Å²) in [4.78, 5) is 32.6. The molecule has 0 saturated heterocycles. The van der Waals surface area contributed by atoms with Crippen molar-refractivity contribution in [3.63, 3.8) is 0 Å². The van der Waals surface area contributed by atoms with Gasteiger partial charge in [0.25, 0.3) is 5.91 Å². The summed E-state index contributed by atoms with van der Waals surface area (Å²) < 4.78 is 0. The number of rotatable bonds is 6. The largest absolute Gasteiger partial charge is 0.345 e. The van der Waals surface area contributed by atoms with Crippen molar-refractivity contribution in [2.24, 2.45) is 0 Å². The number of fused-ring (bicyclic) bond motifs is 1. The number of carbonyl (C=O) groups is 2. The smallest absolute Gasteiger partial charge is 0.319 e. The zero-order valence-corrected chi connectivity index (χ0v) is 17.3. The van der Waals surface area contributed by atoms with Crippen molar-refractivity contribution >= 4 is 28.7 Å². The number of benzene rings is 3. The normalized spacial score (nSPS) is 14.0. The number of aromatic amines is 1. The van der Waals surface area contributed by atoms with E-state index in [4.69, 9.17) is 0 Å². The molecule has 3 aromatic carbocycles. The standard InChI is InChI=1S/C25H23N5O2/c31-24(18-7-4-8-20(13-18)29-25(32)28-19-10-11-19)30-23(16-5-2-1-3-6-16)17-9-12-21-22(14-17)27-15-26-21/h1-9,12-15,19,23H,10-11H2,(H,26,27)(H,30,31)(H2,28,29,32). The summed E-state index contributed by atoms with van der Waals surface area (Å²) in [5.74, 6) is -0.227. The molecule has 1 atom stereocenters. The van der Waals surface area contributed by atoms with Crippen LogP contribution in [-0.2, 0) is 0 Å². The van der Waals surface area contributed by atoms with Crippen LogP contribution >= 0.6 is 0 Å². The Kier molecular flexibility index (Phi) is 5.29. The van der Waals surface area contributed by atoms with Crippen molar-refractivity contribution in [3.05, 3.63) is 95.8 Å². The topological polar surface area (TPSA) is 98.9 Å². The predicted octanol–water partition coefficient (Wildman–Crippen LogP) is 4.37. The fraction of sp³-hybridized carbons (Fsp3) is 0.160. The number of urea groups is 1. The third-order valence-electron chi connectivity index (χ3n) is 5.48. The van der Waals surface area contributed by atoms with Gasteiger partial charge >= 0.3 is 6.03 Å². The third kappa shape index (κ3) is 4.46. The molecule has 0 aliphatic heterocycles. The highest BCUT2D eigenvalue weighted by molar-refractivity contribution is 5.97. The molecule has 160 valence electrons. The van der Waals surface area contributed by atoms with E-state index in [1.54, 1.807) is 30.6 Å². The Hall–Kier alpha value is -4.13. The SMILES string of the molecule is O=C(Nc1cccc(C(=O)NC(c2ccccc2)c2ccc3nc[nH]c3c2)c1)NC1CC1. The van der Waals surface area contributed by atoms with E-state index >= 15 is 0 Å². The van der Waals surface area contributed by atoms with Gasteiger partial charge in [-0.15, -0.1) is 0 Å². The first-order valence-corrected chi connectivity index (χ1v) is 10.6. The number of aromatic nitrogens is 2. The molecule has 1 saturated carbocycles. The van der Waals surface area contributed by atoms with Gasteiger partial charge in [-0.25, -0.2) is 9.78 Å². The highest BCUT2D eigenvalue weighted by Gasteiger charge is 2.23. The number of H-pyrrole nitrogens is 1. The Bertz CT molecular complexity index is 1260. The second-order valence-electron chi connectivity index (χ2n) is 7.95. The molecule has 1 aromatic heterocycles. The lowest BCUT2D eigenvalue weighted by molar-refractivity contribution is 0.0943. The Morgan fingerprint density at radius 2 is 1.78 bits per heavy atom. The van der Waals surface area contributed by atoms with Crippen molar-refractivity contribution in [1.29, 1.82) is 0 Å². The van der Waals surface area contributed by atoms with Crippen LogP contribution in [-0.4, -0.2) is 27.9 Å². The average molecular weight is 425 g/mol. The molecule has 4 aromatic rings. The summed E-state index contributed by atoms with van der Waals surface area (Å²) in [6.45, 7) is 0. The Balaban J connectivity index is 1.39. The van der Waals surface area contributed by atoms with Gasteiger partial charge < -0.3 is 20.9 Å². The van der Waals surface area contributed by atoms with Gasteiger partial charge in [0, 0.05) is 17.3 Å².